The van der Waals surface area contributed by atoms with E-state index in [9.17, 15) is 0 Å². The highest BCUT2D eigenvalue weighted by Gasteiger charge is 2.30. The molecule has 5 aromatic carbocycles. The van der Waals surface area contributed by atoms with Crippen molar-refractivity contribution < 1.29 is 0 Å². The number of anilines is 3. The van der Waals surface area contributed by atoms with E-state index in [1.807, 2.05) is 0 Å². The number of benzene rings is 5. The van der Waals surface area contributed by atoms with E-state index in [1.54, 1.807) is 0 Å². The van der Waals surface area contributed by atoms with Crippen LogP contribution in [0.15, 0.2) is 148 Å². The molecule has 2 heteroatoms. The molecule has 1 nitrogen and oxygen atoms in total. The van der Waals surface area contributed by atoms with E-state index in [-0.39, 0.29) is 21.7 Å². The van der Waals surface area contributed by atoms with Crippen molar-refractivity contribution in [3.05, 3.63) is 145 Å². The Bertz CT molecular complexity index is 1410. The molecule has 0 N–H and O–H groups in total. The summed E-state index contributed by atoms with van der Waals surface area (Å²) in [6.45, 7) is 13.6. The Kier molecular flexibility index (Phi) is 7.92. The van der Waals surface area contributed by atoms with Crippen LogP contribution in [-0.4, -0.2) is 0 Å². The Morgan fingerprint density at radius 1 is 0.375 bits per heavy atom. The van der Waals surface area contributed by atoms with Gasteiger partial charge in [0.2, 0.25) is 0 Å². The van der Waals surface area contributed by atoms with Crippen molar-refractivity contribution in [3.63, 3.8) is 0 Å². The van der Waals surface area contributed by atoms with Crippen molar-refractivity contribution in [2.45, 2.75) is 67.1 Å². The number of hydrogen-bond acceptors (Lipinski definition) is 1. The molecule has 0 unspecified atom stereocenters. The maximum atomic E-state index is 2.33. The summed E-state index contributed by atoms with van der Waals surface area (Å²) in [7, 11) is -0.214. The molecule has 0 aromatic heterocycles. The Balaban J connectivity index is 1.57. The van der Waals surface area contributed by atoms with Crippen LogP contribution in [0.25, 0.3) is 0 Å². The number of nitrogens with zero attached hydrogens (tertiary/aromatic N) is 1. The first kappa shape index (κ1) is 27.8. The predicted molar refractivity (Wildman–Crippen MR) is 174 cm³/mol. The number of hydrogen-bond donors (Lipinski definition) is 0. The first-order valence-electron chi connectivity index (χ1n) is 14.1. The van der Waals surface area contributed by atoms with Crippen LogP contribution >= 0.6 is 0 Å². The minimum atomic E-state index is -0.214. The van der Waals surface area contributed by atoms with Crippen molar-refractivity contribution >= 4 is 28.0 Å². The van der Waals surface area contributed by atoms with E-state index in [0.717, 1.165) is 17.1 Å². The lowest BCUT2D eigenvalue weighted by atomic mass is 9.87. The summed E-state index contributed by atoms with van der Waals surface area (Å²) in [4.78, 5) is 6.31. The standard InChI is InChI=1S/C38H40NS/c1-37(2,3)29-17-23-34(24-18-29)40(35-25-19-30(20-26-35)38(4,5)6)36-27-21-33(22-28-36)39(31-13-9-7-10-14-31)32-15-11-8-12-16-32/h7-28H,1-6H3/q+1. The Morgan fingerprint density at radius 3 is 1.00 bits per heavy atom. The summed E-state index contributed by atoms with van der Waals surface area (Å²) in [5.74, 6) is 0. The van der Waals surface area contributed by atoms with Crippen LogP contribution in [0.4, 0.5) is 17.1 Å². The first-order valence-corrected chi connectivity index (χ1v) is 15.3. The summed E-state index contributed by atoms with van der Waals surface area (Å²) >= 11 is 0. The summed E-state index contributed by atoms with van der Waals surface area (Å²) in [6.07, 6.45) is 0. The number of rotatable bonds is 6. The highest BCUT2D eigenvalue weighted by Crippen LogP contribution is 2.38. The van der Waals surface area contributed by atoms with Crippen LogP contribution in [0.3, 0.4) is 0 Å². The summed E-state index contributed by atoms with van der Waals surface area (Å²) in [5, 5.41) is 0. The molecule has 0 saturated carbocycles. The largest absolute Gasteiger partial charge is 0.311 e. The van der Waals surface area contributed by atoms with Gasteiger partial charge in [0.1, 0.15) is 0 Å². The lowest BCUT2D eigenvalue weighted by Gasteiger charge is -2.25. The fraction of sp³-hybridized carbons (Fsp3) is 0.211. The van der Waals surface area contributed by atoms with Crippen molar-refractivity contribution in [2.24, 2.45) is 0 Å². The third kappa shape index (κ3) is 6.18. The fourth-order valence-electron chi connectivity index (χ4n) is 4.92. The highest BCUT2D eigenvalue weighted by molar-refractivity contribution is 7.97. The minimum absolute atomic E-state index is 0.130. The molecule has 0 heterocycles. The SMILES string of the molecule is CC(C)(C)c1ccc([S+](c2ccc(N(c3ccccc3)c3ccccc3)cc2)c2ccc(C(C)(C)C)cc2)cc1. The van der Waals surface area contributed by atoms with Crippen molar-refractivity contribution in [3.8, 4) is 0 Å². The van der Waals surface area contributed by atoms with Crippen molar-refractivity contribution in [2.75, 3.05) is 4.90 Å². The average molecular weight is 543 g/mol. The normalized spacial score (nSPS) is 12.0. The monoisotopic (exact) mass is 542 g/mol. The van der Waals surface area contributed by atoms with Gasteiger partial charge in [-0.05, 0) is 94.8 Å². The zero-order valence-corrected chi connectivity index (χ0v) is 25.4. The van der Waals surface area contributed by atoms with Crippen LogP contribution < -0.4 is 4.90 Å². The molecule has 40 heavy (non-hydrogen) atoms. The summed E-state index contributed by atoms with van der Waals surface area (Å²) in [5.41, 5.74) is 6.43. The van der Waals surface area contributed by atoms with Gasteiger partial charge in [-0.3, -0.25) is 0 Å². The minimum Gasteiger partial charge on any atom is -0.311 e. The Labute approximate surface area is 243 Å². The molecule has 5 rings (SSSR count). The first-order chi connectivity index (χ1) is 19.1. The Hall–Kier alpha value is -3.75. The van der Waals surface area contributed by atoms with Crippen molar-refractivity contribution in [1.82, 2.24) is 0 Å². The maximum Gasteiger partial charge on any atom is 0.166 e. The van der Waals surface area contributed by atoms with Gasteiger partial charge in [0.05, 0.1) is 10.9 Å². The third-order valence-corrected chi connectivity index (χ3v) is 9.50. The topological polar surface area (TPSA) is 3.24 Å². The Morgan fingerprint density at radius 2 is 0.675 bits per heavy atom. The molecular formula is C38H40NS+. The average Bonchev–Trinajstić information content (AvgIpc) is 2.95. The van der Waals surface area contributed by atoms with Gasteiger partial charge in [0, 0.05) is 17.1 Å². The van der Waals surface area contributed by atoms with Crippen LogP contribution in [0.1, 0.15) is 52.7 Å². The fourth-order valence-corrected chi connectivity index (χ4v) is 6.96. The van der Waals surface area contributed by atoms with Gasteiger partial charge < -0.3 is 4.90 Å². The second-order valence-electron chi connectivity index (χ2n) is 12.4. The second kappa shape index (κ2) is 11.4. The van der Waals surface area contributed by atoms with E-state index in [4.69, 9.17) is 0 Å². The van der Waals surface area contributed by atoms with E-state index < -0.39 is 0 Å². The van der Waals surface area contributed by atoms with Crippen LogP contribution in [0.2, 0.25) is 0 Å². The van der Waals surface area contributed by atoms with Crippen LogP contribution in [0.5, 0.6) is 0 Å². The summed E-state index contributed by atoms with van der Waals surface area (Å²) in [6, 6.07) is 48.9. The molecule has 0 fully saturated rings. The molecule has 0 aliphatic rings. The highest BCUT2D eigenvalue weighted by atomic mass is 32.2. The van der Waals surface area contributed by atoms with Gasteiger partial charge in [0.15, 0.2) is 14.7 Å². The molecular weight excluding hydrogens is 502 g/mol. The van der Waals surface area contributed by atoms with Crippen LogP contribution in [-0.2, 0) is 21.7 Å². The van der Waals surface area contributed by atoms with E-state index >= 15 is 0 Å². The van der Waals surface area contributed by atoms with Gasteiger partial charge in [-0.1, -0.05) is 102 Å². The molecule has 0 amide bonds. The second-order valence-corrected chi connectivity index (χ2v) is 14.4. The molecule has 0 saturated heterocycles. The molecule has 202 valence electrons. The van der Waals surface area contributed by atoms with Crippen molar-refractivity contribution in [1.29, 1.82) is 0 Å². The number of para-hydroxylation sites is 2. The molecule has 0 aliphatic heterocycles. The molecule has 0 spiro atoms. The smallest absolute Gasteiger partial charge is 0.166 e. The van der Waals surface area contributed by atoms with Gasteiger partial charge in [-0.25, -0.2) is 0 Å². The van der Waals surface area contributed by atoms with Gasteiger partial charge in [-0.2, -0.15) is 0 Å². The predicted octanol–water partition coefficient (Wildman–Crippen LogP) is 10.8. The zero-order chi connectivity index (χ0) is 28.3. The lowest BCUT2D eigenvalue weighted by Crippen LogP contribution is -2.13. The van der Waals surface area contributed by atoms with E-state index in [1.165, 1.54) is 25.8 Å². The van der Waals surface area contributed by atoms with Gasteiger partial charge >= 0.3 is 0 Å². The lowest BCUT2D eigenvalue weighted by molar-refractivity contribution is 0.589. The quantitative estimate of drug-likeness (QED) is 0.193. The third-order valence-electron chi connectivity index (χ3n) is 7.27. The zero-order valence-electron chi connectivity index (χ0n) is 24.6. The van der Waals surface area contributed by atoms with Crippen LogP contribution in [0, 0.1) is 0 Å². The van der Waals surface area contributed by atoms with Gasteiger partial charge in [-0.15, -0.1) is 0 Å². The molecule has 0 radical (unpaired) electrons. The molecule has 0 bridgehead atoms. The van der Waals surface area contributed by atoms with E-state index in [2.05, 4.69) is 180 Å². The summed E-state index contributed by atoms with van der Waals surface area (Å²) < 4.78 is 0. The van der Waals surface area contributed by atoms with E-state index in [0.29, 0.717) is 0 Å². The maximum absolute atomic E-state index is 2.33. The molecule has 0 atom stereocenters. The van der Waals surface area contributed by atoms with Gasteiger partial charge in [0.25, 0.3) is 0 Å². The molecule has 0 aliphatic carbocycles. The molecule has 5 aromatic rings.